The fourth-order valence-electron chi connectivity index (χ4n) is 2.52. The molecular formula is C18H24F3N5O2. The summed E-state index contributed by atoms with van der Waals surface area (Å²) in [5.74, 6) is 1.38. The van der Waals surface area contributed by atoms with E-state index in [1.54, 1.807) is 19.0 Å². The number of aromatic nitrogens is 2. The van der Waals surface area contributed by atoms with Gasteiger partial charge in [0, 0.05) is 27.2 Å². The van der Waals surface area contributed by atoms with E-state index in [-0.39, 0.29) is 12.6 Å². The zero-order chi connectivity index (χ0) is 20.7. The van der Waals surface area contributed by atoms with Gasteiger partial charge in [0.05, 0.1) is 12.1 Å². The smallest absolute Gasteiger partial charge is 0.371 e. The predicted octanol–water partition coefficient (Wildman–Crippen LogP) is 3.39. The normalized spacial score (nSPS) is 13.5. The van der Waals surface area contributed by atoms with E-state index in [9.17, 15) is 13.2 Å². The maximum atomic E-state index is 12.7. The maximum Gasteiger partial charge on any atom is 0.416 e. The second-order valence-corrected chi connectivity index (χ2v) is 6.10. The molecule has 1 aromatic heterocycles. The van der Waals surface area contributed by atoms with E-state index in [4.69, 9.17) is 9.26 Å². The monoisotopic (exact) mass is 399 g/mol. The standard InChI is InChI=1S/C18H24F3N5O2/c1-5-27-12(2)16-24-15(28-25-16)10-23-17(22-3)26(4)11-13-6-8-14(9-7-13)18(19,20)21/h6-9,12H,5,10-11H2,1-4H3,(H,22,23). The van der Waals surface area contributed by atoms with E-state index in [0.717, 1.165) is 17.7 Å². The number of halogens is 3. The van der Waals surface area contributed by atoms with Crippen LogP contribution >= 0.6 is 0 Å². The van der Waals surface area contributed by atoms with Crippen molar-refractivity contribution < 1.29 is 22.4 Å². The maximum absolute atomic E-state index is 12.7. The van der Waals surface area contributed by atoms with Gasteiger partial charge in [0.15, 0.2) is 11.8 Å². The molecule has 0 radical (unpaired) electrons. The minimum atomic E-state index is -4.34. The Morgan fingerprint density at radius 2 is 2.00 bits per heavy atom. The lowest BCUT2D eigenvalue weighted by Crippen LogP contribution is -2.38. The highest BCUT2D eigenvalue weighted by molar-refractivity contribution is 5.79. The van der Waals surface area contributed by atoms with Gasteiger partial charge in [-0.05, 0) is 31.5 Å². The van der Waals surface area contributed by atoms with Gasteiger partial charge in [-0.15, -0.1) is 0 Å². The molecule has 2 rings (SSSR count). The van der Waals surface area contributed by atoms with Crippen molar-refractivity contribution in [3.63, 3.8) is 0 Å². The minimum absolute atomic E-state index is 0.260. The third-order valence-corrected chi connectivity index (χ3v) is 3.94. The Kier molecular flexibility index (Phi) is 7.38. The van der Waals surface area contributed by atoms with Gasteiger partial charge in [0.25, 0.3) is 0 Å². The van der Waals surface area contributed by atoms with Gasteiger partial charge in [-0.1, -0.05) is 17.3 Å². The number of hydrogen-bond acceptors (Lipinski definition) is 5. The first-order chi connectivity index (χ1) is 13.2. The molecular weight excluding hydrogens is 375 g/mol. The number of benzene rings is 1. The average Bonchev–Trinajstić information content (AvgIpc) is 3.11. The van der Waals surface area contributed by atoms with Gasteiger partial charge < -0.3 is 19.5 Å². The van der Waals surface area contributed by atoms with Crippen LogP contribution in [0.25, 0.3) is 0 Å². The van der Waals surface area contributed by atoms with Crippen LogP contribution < -0.4 is 5.32 Å². The Labute approximate surface area is 161 Å². The largest absolute Gasteiger partial charge is 0.416 e. The summed E-state index contributed by atoms with van der Waals surface area (Å²) in [7, 11) is 3.39. The number of nitrogens with zero attached hydrogens (tertiary/aromatic N) is 4. The summed E-state index contributed by atoms with van der Waals surface area (Å²) in [4.78, 5) is 10.2. The lowest BCUT2D eigenvalue weighted by atomic mass is 10.1. The molecule has 154 valence electrons. The zero-order valence-electron chi connectivity index (χ0n) is 16.2. The third kappa shape index (κ3) is 5.95. The molecule has 0 aliphatic carbocycles. The van der Waals surface area contributed by atoms with Gasteiger partial charge >= 0.3 is 6.18 Å². The van der Waals surface area contributed by atoms with Crippen molar-refractivity contribution >= 4 is 5.96 Å². The molecule has 10 heteroatoms. The van der Waals surface area contributed by atoms with Crippen molar-refractivity contribution in [2.45, 2.75) is 39.2 Å². The number of ether oxygens (including phenoxy) is 1. The van der Waals surface area contributed by atoms with Crippen molar-refractivity contribution in [2.75, 3.05) is 20.7 Å². The topological polar surface area (TPSA) is 75.8 Å². The molecule has 0 spiro atoms. The van der Waals surface area contributed by atoms with E-state index in [0.29, 0.717) is 30.8 Å². The summed E-state index contributed by atoms with van der Waals surface area (Å²) in [5.41, 5.74) is 0.0546. The molecule has 2 aromatic rings. The van der Waals surface area contributed by atoms with E-state index in [1.165, 1.54) is 12.1 Å². The highest BCUT2D eigenvalue weighted by Gasteiger charge is 2.30. The molecule has 0 bridgehead atoms. The molecule has 7 nitrogen and oxygen atoms in total. The molecule has 1 aromatic carbocycles. The predicted molar refractivity (Wildman–Crippen MR) is 97.4 cm³/mol. The zero-order valence-corrected chi connectivity index (χ0v) is 16.2. The summed E-state index contributed by atoms with van der Waals surface area (Å²) in [6, 6.07) is 5.04. The Hall–Kier alpha value is -2.62. The molecule has 28 heavy (non-hydrogen) atoms. The van der Waals surface area contributed by atoms with Gasteiger partial charge in [0.2, 0.25) is 5.89 Å². The molecule has 1 atom stereocenters. The summed E-state index contributed by atoms with van der Waals surface area (Å²) < 4.78 is 48.6. The molecule has 0 aliphatic rings. The molecule has 0 saturated heterocycles. The van der Waals surface area contributed by atoms with E-state index < -0.39 is 11.7 Å². The average molecular weight is 399 g/mol. The molecule has 0 amide bonds. The first-order valence-corrected chi connectivity index (χ1v) is 8.76. The number of alkyl halides is 3. The van der Waals surface area contributed by atoms with Crippen LogP contribution in [0.15, 0.2) is 33.8 Å². The van der Waals surface area contributed by atoms with Crippen LogP contribution in [0.5, 0.6) is 0 Å². The molecule has 0 fully saturated rings. The second-order valence-electron chi connectivity index (χ2n) is 6.10. The number of hydrogen-bond donors (Lipinski definition) is 1. The number of nitrogens with one attached hydrogen (secondary N) is 1. The van der Waals surface area contributed by atoms with Crippen LogP contribution in [0, 0.1) is 0 Å². The van der Waals surface area contributed by atoms with Gasteiger partial charge in [-0.25, -0.2) is 0 Å². The van der Waals surface area contributed by atoms with E-state index in [2.05, 4.69) is 20.4 Å². The molecule has 0 aliphatic heterocycles. The summed E-state index contributed by atoms with van der Waals surface area (Å²) in [6.45, 7) is 4.91. The SMILES string of the molecule is CCOC(C)c1noc(CNC(=NC)N(C)Cc2ccc(C(F)(F)F)cc2)n1. The Bertz CT molecular complexity index is 774. The van der Waals surface area contributed by atoms with Crippen molar-refractivity contribution in [1.29, 1.82) is 0 Å². The fraction of sp³-hybridized carbons (Fsp3) is 0.500. The van der Waals surface area contributed by atoms with E-state index >= 15 is 0 Å². The Morgan fingerprint density at radius 1 is 1.32 bits per heavy atom. The lowest BCUT2D eigenvalue weighted by Gasteiger charge is -2.21. The van der Waals surface area contributed by atoms with Crippen LogP contribution in [0.3, 0.4) is 0 Å². The number of guanidine groups is 1. The van der Waals surface area contributed by atoms with Crippen molar-refractivity contribution in [2.24, 2.45) is 4.99 Å². The highest BCUT2D eigenvalue weighted by Crippen LogP contribution is 2.29. The van der Waals surface area contributed by atoms with Crippen molar-refractivity contribution in [3.8, 4) is 0 Å². The van der Waals surface area contributed by atoms with Crippen molar-refractivity contribution in [1.82, 2.24) is 20.4 Å². The van der Waals surface area contributed by atoms with Gasteiger partial charge in [-0.2, -0.15) is 18.2 Å². The lowest BCUT2D eigenvalue weighted by molar-refractivity contribution is -0.137. The van der Waals surface area contributed by atoms with Gasteiger partial charge in [0.1, 0.15) is 6.10 Å². The summed E-state index contributed by atoms with van der Waals surface area (Å²) in [6.07, 6.45) is -4.60. The highest BCUT2D eigenvalue weighted by atomic mass is 19.4. The van der Waals surface area contributed by atoms with Crippen LogP contribution in [-0.2, 0) is 24.0 Å². The quantitative estimate of drug-likeness (QED) is 0.568. The third-order valence-electron chi connectivity index (χ3n) is 3.94. The van der Waals surface area contributed by atoms with Crippen LogP contribution in [0.1, 0.15) is 42.8 Å². The molecule has 1 heterocycles. The fourth-order valence-corrected chi connectivity index (χ4v) is 2.52. The minimum Gasteiger partial charge on any atom is -0.371 e. The Morgan fingerprint density at radius 3 is 2.57 bits per heavy atom. The van der Waals surface area contributed by atoms with Crippen LogP contribution in [0.2, 0.25) is 0 Å². The summed E-state index contributed by atoms with van der Waals surface area (Å²) in [5, 5.41) is 6.97. The molecule has 0 saturated carbocycles. The van der Waals surface area contributed by atoms with Crippen LogP contribution in [0.4, 0.5) is 13.2 Å². The first-order valence-electron chi connectivity index (χ1n) is 8.76. The number of rotatable bonds is 7. The summed E-state index contributed by atoms with van der Waals surface area (Å²) >= 11 is 0. The van der Waals surface area contributed by atoms with Crippen LogP contribution in [-0.4, -0.2) is 41.7 Å². The Balaban J connectivity index is 1.92. The molecule has 1 N–H and O–H groups in total. The first kappa shape index (κ1) is 21.7. The second kappa shape index (κ2) is 9.54. The van der Waals surface area contributed by atoms with Crippen molar-refractivity contribution in [3.05, 3.63) is 47.1 Å². The molecule has 1 unspecified atom stereocenters. The van der Waals surface area contributed by atoms with Gasteiger partial charge in [-0.3, -0.25) is 4.99 Å². The number of aliphatic imine (C=N–C) groups is 1. The van der Waals surface area contributed by atoms with E-state index in [1.807, 2.05) is 13.8 Å².